The van der Waals surface area contributed by atoms with E-state index < -0.39 is 5.72 Å². The smallest absolute Gasteiger partial charge is 0.316 e. The molecule has 1 N–H and O–H groups in total. The molecule has 3 aromatic rings. The first kappa shape index (κ1) is 22.9. The molecule has 6 heteroatoms. The van der Waals surface area contributed by atoms with Gasteiger partial charge in [0.1, 0.15) is 17.2 Å². The molecule has 1 atom stereocenters. The van der Waals surface area contributed by atoms with Crippen LogP contribution in [0.3, 0.4) is 0 Å². The Morgan fingerprint density at radius 3 is 2.34 bits per heavy atom. The molecule has 0 aromatic heterocycles. The lowest BCUT2D eigenvalue weighted by Crippen LogP contribution is -3.00. The Bertz CT molecular complexity index is 1090. The highest BCUT2D eigenvalue weighted by molar-refractivity contribution is 8.13. The molecule has 2 heterocycles. The van der Waals surface area contributed by atoms with Gasteiger partial charge in [0, 0.05) is 11.3 Å². The van der Waals surface area contributed by atoms with Gasteiger partial charge in [0.05, 0.1) is 6.54 Å². The summed E-state index contributed by atoms with van der Waals surface area (Å²) >= 11 is 1.83. The molecule has 0 saturated carbocycles. The van der Waals surface area contributed by atoms with Gasteiger partial charge in [0.25, 0.3) is 5.72 Å². The first-order valence-electron chi connectivity index (χ1n) is 10.9. The van der Waals surface area contributed by atoms with Crippen molar-refractivity contribution in [3.05, 3.63) is 90.0 Å². The van der Waals surface area contributed by atoms with Crippen molar-refractivity contribution in [1.29, 1.82) is 0 Å². The van der Waals surface area contributed by atoms with Crippen LogP contribution in [0, 0.1) is 0 Å². The third-order valence-corrected chi connectivity index (χ3v) is 7.19. The molecule has 32 heavy (non-hydrogen) atoms. The fraction of sp³-hybridized carbons (Fsp3) is 0.269. The summed E-state index contributed by atoms with van der Waals surface area (Å²) in [5.41, 5.74) is 2.29. The van der Waals surface area contributed by atoms with E-state index in [4.69, 9.17) is 4.74 Å². The van der Waals surface area contributed by atoms with Gasteiger partial charge in [-0.25, -0.2) is 9.48 Å². The summed E-state index contributed by atoms with van der Waals surface area (Å²) in [5.74, 6) is 2.65. The van der Waals surface area contributed by atoms with Gasteiger partial charge in [-0.15, -0.1) is 0 Å². The fourth-order valence-corrected chi connectivity index (χ4v) is 5.45. The third-order valence-electron chi connectivity index (χ3n) is 6.00. The lowest BCUT2D eigenvalue weighted by molar-refractivity contribution is -0.656. The molecule has 2 aliphatic heterocycles. The van der Waals surface area contributed by atoms with E-state index in [1.807, 2.05) is 66.4 Å². The maximum atomic E-state index is 11.9. The Morgan fingerprint density at radius 2 is 1.66 bits per heavy atom. The van der Waals surface area contributed by atoms with Crippen molar-refractivity contribution in [2.24, 2.45) is 0 Å². The number of hydrogen-bond acceptors (Lipinski definition) is 4. The molecule has 0 amide bonds. The summed E-state index contributed by atoms with van der Waals surface area (Å²) in [4.78, 5) is 2.26. The second-order valence-corrected chi connectivity index (χ2v) is 9.06. The number of thioether (sulfide) groups is 1. The highest BCUT2D eigenvalue weighted by atomic mass is 79.9. The van der Waals surface area contributed by atoms with E-state index in [0.29, 0.717) is 6.54 Å². The predicted octanol–water partition coefficient (Wildman–Crippen LogP) is 2.22. The quantitative estimate of drug-likeness (QED) is 0.534. The summed E-state index contributed by atoms with van der Waals surface area (Å²) in [6.07, 6.45) is 2.09. The molecular weight excluding hydrogens is 484 g/mol. The predicted molar refractivity (Wildman–Crippen MR) is 127 cm³/mol. The second kappa shape index (κ2) is 9.69. The molecule has 0 saturated heterocycles. The van der Waals surface area contributed by atoms with Crippen LogP contribution >= 0.6 is 11.8 Å². The number of rotatable bonds is 5. The van der Waals surface area contributed by atoms with Crippen LogP contribution in [-0.2, 0) is 12.1 Å². The summed E-state index contributed by atoms with van der Waals surface area (Å²) < 4.78 is 8.10. The van der Waals surface area contributed by atoms with Crippen LogP contribution in [0.1, 0.15) is 24.5 Å². The van der Waals surface area contributed by atoms with Crippen molar-refractivity contribution in [2.45, 2.75) is 25.5 Å². The normalized spacial score (nSPS) is 20.0. The van der Waals surface area contributed by atoms with Crippen molar-refractivity contribution < 1.29 is 31.4 Å². The fourth-order valence-electron chi connectivity index (χ4n) is 4.27. The number of aryl methyl sites for hydroxylation is 1. The van der Waals surface area contributed by atoms with Crippen LogP contribution in [0.4, 0.5) is 5.69 Å². The molecule has 3 aromatic carbocycles. The Morgan fingerprint density at radius 1 is 0.969 bits per heavy atom. The minimum Gasteiger partial charge on any atom is -1.00 e. The number of aliphatic hydroxyl groups is 1. The number of amidine groups is 1. The van der Waals surface area contributed by atoms with Gasteiger partial charge in [-0.2, -0.15) is 0 Å². The van der Waals surface area contributed by atoms with Crippen molar-refractivity contribution in [3.63, 3.8) is 0 Å². The number of halogens is 1. The number of benzene rings is 3. The van der Waals surface area contributed by atoms with Gasteiger partial charge in [0.2, 0.25) is 0 Å². The number of hydrogen-bond donors (Lipinski definition) is 1. The monoisotopic (exact) mass is 510 g/mol. The zero-order valence-corrected chi connectivity index (χ0v) is 20.5. The number of anilines is 1. The molecule has 2 aliphatic rings. The molecule has 0 spiro atoms. The summed E-state index contributed by atoms with van der Waals surface area (Å²) in [5, 5.41) is 13.0. The zero-order chi connectivity index (χ0) is 21.3. The second-order valence-electron chi connectivity index (χ2n) is 8.00. The van der Waals surface area contributed by atoms with Gasteiger partial charge in [-0.05, 0) is 78.7 Å². The SMILES string of the molecule is CCc1ccc(N2CC(O)(c3ccc(Oc4ccccc4)cc3)[N+]3=C2SCCC3)cc1.[Br-]. The van der Waals surface area contributed by atoms with Crippen molar-refractivity contribution in [1.82, 2.24) is 0 Å². The number of para-hydroxylation sites is 1. The van der Waals surface area contributed by atoms with Gasteiger partial charge in [-0.1, -0.05) is 37.3 Å². The average molecular weight is 511 g/mol. The molecular formula is C26H27BrN2O2S. The lowest BCUT2D eigenvalue weighted by atomic mass is 10.0. The van der Waals surface area contributed by atoms with Crippen LogP contribution < -0.4 is 26.6 Å². The Hall–Kier alpha value is -2.28. The van der Waals surface area contributed by atoms with E-state index in [1.54, 1.807) is 0 Å². The van der Waals surface area contributed by atoms with E-state index in [-0.39, 0.29) is 17.0 Å². The lowest BCUT2D eigenvalue weighted by Gasteiger charge is -2.24. The minimum atomic E-state index is -1.06. The van der Waals surface area contributed by atoms with Crippen LogP contribution in [0.25, 0.3) is 0 Å². The summed E-state index contributed by atoms with van der Waals surface area (Å²) in [6.45, 7) is 3.53. The molecule has 5 rings (SSSR count). The van der Waals surface area contributed by atoms with Gasteiger partial charge < -0.3 is 26.8 Å². The van der Waals surface area contributed by atoms with Gasteiger partial charge in [0.15, 0.2) is 6.54 Å². The third kappa shape index (κ3) is 4.32. The largest absolute Gasteiger partial charge is 1.00 e. The molecule has 0 aliphatic carbocycles. The topological polar surface area (TPSA) is 35.7 Å². The first-order valence-corrected chi connectivity index (χ1v) is 11.9. The molecule has 0 radical (unpaired) electrons. The highest BCUT2D eigenvalue weighted by Gasteiger charge is 2.53. The summed E-state index contributed by atoms with van der Waals surface area (Å²) in [7, 11) is 0. The van der Waals surface area contributed by atoms with Crippen LogP contribution in [0.5, 0.6) is 11.5 Å². The van der Waals surface area contributed by atoms with Crippen molar-refractivity contribution in [2.75, 3.05) is 23.7 Å². The average Bonchev–Trinajstić information content (AvgIpc) is 3.14. The number of nitrogens with zero attached hydrogens (tertiary/aromatic N) is 2. The summed E-state index contributed by atoms with van der Waals surface area (Å²) in [6, 6.07) is 26.3. The van der Waals surface area contributed by atoms with Crippen LogP contribution in [0.2, 0.25) is 0 Å². The van der Waals surface area contributed by atoms with E-state index >= 15 is 0 Å². The van der Waals surface area contributed by atoms with Gasteiger partial charge in [-0.3, -0.25) is 0 Å². The molecule has 0 bridgehead atoms. The maximum Gasteiger partial charge on any atom is 0.316 e. The van der Waals surface area contributed by atoms with E-state index in [9.17, 15) is 5.11 Å². The first-order chi connectivity index (χ1) is 15.2. The molecule has 0 fully saturated rings. The van der Waals surface area contributed by atoms with Crippen molar-refractivity contribution >= 4 is 22.6 Å². The van der Waals surface area contributed by atoms with Crippen LogP contribution in [0.15, 0.2) is 78.9 Å². The molecule has 166 valence electrons. The molecule has 4 nitrogen and oxygen atoms in total. The number of ether oxygens (including phenoxy) is 1. The van der Waals surface area contributed by atoms with E-state index in [2.05, 4.69) is 40.7 Å². The van der Waals surface area contributed by atoms with E-state index in [1.165, 1.54) is 5.56 Å². The zero-order valence-electron chi connectivity index (χ0n) is 18.1. The molecule has 1 unspecified atom stereocenters. The maximum absolute atomic E-state index is 11.9. The Kier molecular flexibility index (Phi) is 6.93. The Balaban J connectivity index is 0.00000245. The van der Waals surface area contributed by atoms with E-state index in [0.717, 1.165) is 53.1 Å². The Labute approximate surface area is 204 Å². The standard InChI is InChI=1S/C26H27N2O2S.BrH/c1-2-20-9-13-22(14-10-20)27-19-26(29,28-17-6-18-31-25(27)28)21-11-15-24(16-12-21)30-23-7-4-3-5-8-23;/h3-5,7-16,29H,2,6,17-19H2,1H3;1H/q+1;/p-1. The number of β-amino-alcohol motifs (C(OH)–C–C–N with tert-alkyl or cyclic N) is 1. The highest BCUT2D eigenvalue weighted by Crippen LogP contribution is 2.38. The van der Waals surface area contributed by atoms with Crippen molar-refractivity contribution in [3.8, 4) is 11.5 Å². The van der Waals surface area contributed by atoms with Crippen LogP contribution in [-0.4, -0.2) is 33.7 Å². The van der Waals surface area contributed by atoms with Gasteiger partial charge >= 0.3 is 5.17 Å². The minimum absolute atomic E-state index is 0.